The Bertz CT molecular complexity index is 525. The molecule has 0 spiro atoms. The van der Waals surface area contributed by atoms with Gasteiger partial charge in [-0.1, -0.05) is 31.7 Å². The lowest BCUT2D eigenvalue weighted by Crippen LogP contribution is -2.43. The molecule has 0 radical (unpaired) electrons. The number of nitrogens with zero attached hydrogens (tertiary/aromatic N) is 1. The summed E-state index contributed by atoms with van der Waals surface area (Å²) < 4.78 is 0. The summed E-state index contributed by atoms with van der Waals surface area (Å²) >= 11 is 0. The van der Waals surface area contributed by atoms with Crippen molar-refractivity contribution in [1.82, 2.24) is 5.32 Å². The van der Waals surface area contributed by atoms with Crippen molar-refractivity contribution in [3.8, 4) is 0 Å². The summed E-state index contributed by atoms with van der Waals surface area (Å²) in [5.74, 6) is -0.0570. The minimum atomic E-state index is -0.443. The van der Waals surface area contributed by atoms with Gasteiger partial charge < -0.3 is 10.6 Å². The van der Waals surface area contributed by atoms with Crippen LogP contribution in [0.25, 0.3) is 0 Å². The molecule has 0 unspecified atom stereocenters. The van der Waals surface area contributed by atoms with Gasteiger partial charge in [-0.25, -0.2) is 0 Å². The highest BCUT2D eigenvalue weighted by Crippen LogP contribution is 2.19. The highest BCUT2D eigenvalue weighted by atomic mass is 16.6. The third-order valence-electron chi connectivity index (χ3n) is 4.03. The standard InChI is InChI=1S/C16H23N3O3/c1-12(16(20)18-13-7-4-2-3-5-8-13)17-14-9-6-10-15(11-14)19(21)22/h6,9-13,17H,2-5,7-8H2,1H3,(H,18,20)/t12-/m1/s1. The second-order valence-electron chi connectivity index (χ2n) is 5.87. The van der Waals surface area contributed by atoms with Gasteiger partial charge in [0.15, 0.2) is 0 Å². The van der Waals surface area contributed by atoms with Crippen LogP contribution in [0.1, 0.15) is 45.4 Å². The number of amides is 1. The number of benzene rings is 1. The van der Waals surface area contributed by atoms with Crippen LogP contribution in [0.3, 0.4) is 0 Å². The van der Waals surface area contributed by atoms with Crippen molar-refractivity contribution in [2.45, 2.75) is 57.5 Å². The van der Waals surface area contributed by atoms with Gasteiger partial charge in [0.05, 0.1) is 4.92 Å². The van der Waals surface area contributed by atoms with Gasteiger partial charge in [-0.3, -0.25) is 14.9 Å². The van der Waals surface area contributed by atoms with Crippen LogP contribution in [-0.2, 0) is 4.79 Å². The predicted molar refractivity (Wildman–Crippen MR) is 85.8 cm³/mol. The van der Waals surface area contributed by atoms with Crippen LogP contribution in [0, 0.1) is 10.1 Å². The Balaban J connectivity index is 1.90. The first-order valence-electron chi connectivity index (χ1n) is 7.87. The van der Waals surface area contributed by atoms with E-state index in [0.29, 0.717) is 5.69 Å². The van der Waals surface area contributed by atoms with Gasteiger partial charge in [-0.05, 0) is 25.8 Å². The minimum Gasteiger partial charge on any atom is -0.374 e. The summed E-state index contributed by atoms with van der Waals surface area (Å²) in [6, 6.07) is 6.03. The second-order valence-corrected chi connectivity index (χ2v) is 5.87. The highest BCUT2D eigenvalue weighted by molar-refractivity contribution is 5.84. The number of rotatable bonds is 5. The third kappa shape index (κ3) is 4.72. The number of nitro benzene ring substituents is 1. The van der Waals surface area contributed by atoms with Gasteiger partial charge in [0.25, 0.3) is 5.69 Å². The zero-order valence-corrected chi connectivity index (χ0v) is 12.9. The molecule has 0 aromatic heterocycles. The summed E-state index contributed by atoms with van der Waals surface area (Å²) in [5.41, 5.74) is 0.596. The molecule has 1 aliphatic carbocycles. The number of non-ortho nitro benzene ring substituents is 1. The molecule has 0 aliphatic heterocycles. The normalized spacial score (nSPS) is 17.3. The lowest BCUT2D eigenvalue weighted by atomic mass is 10.1. The second kappa shape index (κ2) is 7.77. The lowest BCUT2D eigenvalue weighted by Gasteiger charge is -2.20. The van der Waals surface area contributed by atoms with E-state index >= 15 is 0 Å². The van der Waals surface area contributed by atoms with E-state index < -0.39 is 11.0 Å². The maximum atomic E-state index is 12.2. The molecule has 120 valence electrons. The van der Waals surface area contributed by atoms with Crippen LogP contribution in [0.5, 0.6) is 0 Å². The maximum Gasteiger partial charge on any atom is 0.271 e. The van der Waals surface area contributed by atoms with Crippen LogP contribution in [-0.4, -0.2) is 22.9 Å². The molecule has 6 heteroatoms. The average molecular weight is 305 g/mol. The fraction of sp³-hybridized carbons (Fsp3) is 0.562. The Labute approximate surface area is 130 Å². The summed E-state index contributed by atoms with van der Waals surface area (Å²) in [7, 11) is 0. The first-order chi connectivity index (χ1) is 10.6. The van der Waals surface area contributed by atoms with E-state index in [1.165, 1.54) is 25.0 Å². The molecule has 22 heavy (non-hydrogen) atoms. The van der Waals surface area contributed by atoms with E-state index in [-0.39, 0.29) is 17.6 Å². The van der Waals surface area contributed by atoms with E-state index in [0.717, 1.165) is 25.7 Å². The SMILES string of the molecule is C[C@@H](Nc1cccc([N+](=O)[O-])c1)C(=O)NC1CCCCCC1. The van der Waals surface area contributed by atoms with Crippen molar-refractivity contribution in [2.75, 3.05) is 5.32 Å². The summed E-state index contributed by atoms with van der Waals surface area (Å²) in [6.07, 6.45) is 6.89. The van der Waals surface area contributed by atoms with Gasteiger partial charge in [-0.15, -0.1) is 0 Å². The van der Waals surface area contributed by atoms with Crippen molar-refractivity contribution < 1.29 is 9.72 Å². The van der Waals surface area contributed by atoms with Crippen LogP contribution < -0.4 is 10.6 Å². The van der Waals surface area contributed by atoms with E-state index in [1.807, 2.05) is 0 Å². The predicted octanol–water partition coefficient (Wildman–Crippen LogP) is 3.23. The third-order valence-corrected chi connectivity index (χ3v) is 4.03. The molecular weight excluding hydrogens is 282 g/mol. The molecule has 2 rings (SSSR count). The number of nitrogens with one attached hydrogen (secondary N) is 2. The van der Waals surface area contributed by atoms with E-state index in [9.17, 15) is 14.9 Å². The number of nitro groups is 1. The Hall–Kier alpha value is -2.11. The number of carbonyl (C=O) groups is 1. The van der Waals surface area contributed by atoms with Crippen LogP contribution >= 0.6 is 0 Å². The molecule has 1 aromatic carbocycles. The highest BCUT2D eigenvalue weighted by Gasteiger charge is 2.19. The van der Waals surface area contributed by atoms with Crippen molar-refractivity contribution in [3.63, 3.8) is 0 Å². The maximum absolute atomic E-state index is 12.2. The molecule has 1 saturated carbocycles. The zero-order chi connectivity index (χ0) is 15.9. The molecule has 0 heterocycles. The van der Waals surface area contributed by atoms with Crippen molar-refractivity contribution in [3.05, 3.63) is 34.4 Å². The molecule has 1 fully saturated rings. The molecule has 1 aromatic rings. The fourth-order valence-electron chi connectivity index (χ4n) is 2.77. The summed E-state index contributed by atoms with van der Waals surface area (Å²) in [6.45, 7) is 1.77. The average Bonchev–Trinajstić information content (AvgIpc) is 2.76. The molecular formula is C16H23N3O3. The Morgan fingerprint density at radius 2 is 1.95 bits per heavy atom. The molecule has 6 nitrogen and oxygen atoms in total. The minimum absolute atomic E-state index is 0.0152. The summed E-state index contributed by atoms with van der Waals surface area (Å²) in [4.78, 5) is 22.6. The molecule has 1 aliphatic rings. The number of carbonyl (C=O) groups excluding carboxylic acids is 1. The smallest absolute Gasteiger partial charge is 0.271 e. The Morgan fingerprint density at radius 1 is 1.27 bits per heavy atom. The first kappa shape index (κ1) is 16.3. The first-order valence-corrected chi connectivity index (χ1v) is 7.87. The largest absolute Gasteiger partial charge is 0.374 e. The Kier molecular flexibility index (Phi) is 5.75. The van der Waals surface area contributed by atoms with Crippen LogP contribution in [0.2, 0.25) is 0 Å². The molecule has 1 amide bonds. The van der Waals surface area contributed by atoms with Crippen LogP contribution in [0.4, 0.5) is 11.4 Å². The zero-order valence-electron chi connectivity index (χ0n) is 12.9. The fourth-order valence-corrected chi connectivity index (χ4v) is 2.77. The van der Waals surface area contributed by atoms with Gasteiger partial charge in [0.2, 0.25) is 5.91 Å². The van der Waals surface area contributed by atoms with E-state index in [2.05, 4.69) is 10.6 Å². The van der Waals surface area contributed by atoms with E-state index in [1.54, 1.807) is 19.1 Å². The monoisotopic (exact) mass is 305 g/mol. The molecule has 2 N–H and O–H groups in total. The number of hydrogen-bond donors (Lipinski definition) is 2. The van der Waals surface area contributed by atoms with E-state index in [4.69, 9.17) is 0 Å². The van der Waals surface area contributed by atoms with Gasteiger partial charge >= 0.3 is 0 Å². The van der Waals surface area contributed by atoms with Crippen molar-refractivity contribution in [1.29, 1.82) is 0 Å². The number of anilines is 1. The van der Waals surface area contributed by atoms with Gasteiger partial charge in [0, 0.05) is 23.9 Å². The van der Waals surface area contributed by atoms with Gasteiger partial charge in [-0.2, -0.15) is 0 Å². The van der Waals surface area contributed by atoms with Crippen molar-refractivity contribution in [2.24, 2.45) is 0 Å². The molecule has 1 atom stereocenters. The van der Waals surface area contributed by atoms with Gasteiger partial charge in [0.1, 0.15) is 6.04 Å². The lowest BCUT2D eigenvalue weighted by molar-refractivity contribution is -0.384. The molecule has 0 bridgehead atoms. The number of hydrogen-bond acceptors (Lipinski definition) is 4. The molecule has 0 saturated heterocycles. The topological polar surface area (TPSA) is 84.3 Å². The van der Waals surface area contributed by atoms with Crippen molar-refractivity contribution >= 4 is 17.3 Å². The quantitative estimate of drug-likeness (QED) is 0.497. The van der Waals surface area contributed by atoms with Crippen LogP contribution in [0.15, 0.2) is 24.3 Å². The summed E-state index contributed by atoms with van der Waals surface area (Å²) in [5, 5.41) is 16.9. The Morgan fingerprint density at radius 3 is 2.59 bits per heavy atom.